The Balaban J connectivity index is 2.08. The van der Waals surface area contributed by atoms with Crippen LogP contribution in [0.4, 0.5) is 13.2 Å². The van der Waals surface area contributed by atoms with E-state index in [1.807, 2.05) is 0 Å². The lowest BCUT2D eigenvalue weighted by Gasteiger charge is -2.29. The van der Waals surface area contributed by atoms with Crippen molar-refractivity contribution in [2.24, 2.45) is 5.92 Å². The van der Waals surface area contributed by atoms with E-state index in [1.54, 1.807) is 0 Å². The standard InChI is InChI=1S/C12H19F3/c1-2-3-4-5-6-10-7-11(8-10)9-12(13,14)15/h9-10H,2-8H2,1H3. The predicted octanol–water partition coefficient (Wildman–Crippen LogP) is 4.86. The molecule has 1 aliphatic carbocycles. The van der Waals surface area contributed by atoms with Gasteiger partial charge in [0.1, 0.15) is 0 Å². The Morgan fingerprint density at radius 2 is 1.87 bits per heavy atom. The molecule has 0 spiro atoms. The molecule has 0 unspecified atom stereocenters. The van der Waals surface area contributed by atoms with Gasteiger partial charge in [0.25, 0.3) is 0 Å². The zero-order chi connectivity index (χ0) is 11.3. The lowest BCUT2D eigenvalue weighted by Crippen LogP contribution is -2.17. The van der Waals surface area contributed by atoms with Crippen molar-refractivity contribution < 1.29 is 13.2 Å². The summed E-state index contributed by atoms with van der Waals surface area (Å²) in [6, 6.07) is 0. The highest BCUT2D eigenvalue weighted by Gasteiger charge is 2.30. The van der Waals surface area contributed by atoms with E-state index in [4.69, 9.17) is 0 Å². The molecular formula is C12H19F3. The minimum Gasteiger partial charge on any atom is -0.167 e. The van der Waals surface area contributed by atoms with E-state index in [0.29, 0.717) is 30.4 Å². The van der Waals surface area contributed by atoms with Crippen molar-refractivity contribution in [2.75, 3.05) is 0 Å². The van der Waals surface area contributed by atoms with Crippen LogP contribution in [-0.4, -0.2) is 6.18 Å². The van der Waals surface area contributed by atoms with Crippen LogP contribution in [0.25, 0.3) is 0 Å². The Labute approximate surface area is 89.6 Å². The van der Waals surface area contributed by atoms with Crippen LogP contribution in [0.15, 0.2) is 11.6 Å². The molecule has 15 heavy (non-hydrogen) atoms. The van der Waals surface area contributed by atoms with Crippen molar-refractivity contribution in [1.82, 2.24) is 0 Å². The first-order chi connectivity index (χ1) is 7.01. The average Bonchev–Trinajstić information content (AvgIpc) is 2.05. The summed E-state index contributed by atoms with van der Waals surface area (Å²) in [6.45, 7) is 2.16. The van der Waals surface area contributed by atoms with Gasteiger partial charge in [-0.1, -0.05) is 38.2 Å². The molecule has 0 heterocycles. The molecule has 0 radical (unpaired) electrons. The van der Waals surface area contributed by atoms with Gasteiger partial charge in [-0.15, -0.1) is 0 Å². The number of rotatable bonds is 5. The minimum atomic E-state index is -4.11. The van der Waals surface area contributed by atoms with Gasteiger partial charge in [0.2, 0.25) is 0 Å². The first-order valence-electron chi connectivity index (χ1n) is 5.78. The van der Waals surface area contributed by atoms with Gasteiger partial charge >= 0.3 is 6.18 Å². The summed E-state index contributed by atoms with van der Waals surface area (Å²) in [5, 5.41) is 0. The molecule has 0 aromatic carbocycles. The fourth-order valence-corrected chi connectivity index (χ4v) is 2.10. The molecule has 0 amide bonds. The van der Waals surface area contributed by atoms with E-state index in [2.05, 4.69) is 6.92 Å². The van der Waals surface area contributed by atoms with Crippen LogP contribution < -0.4 is 0 Å². The van der Waals surface area contributed by atoms with Gasteiger partial charge in [-0.3, -0.25) is 0 Å². The molecule has 88 valence electrons. The van der Waals surface area contributed by atoms with E-state index >= 15 is 0 Å². The van der Waals surface area contributed by atoms with Crippen LogP contribution in [0.2, 0.25) is 0 Å². The molecule has 0 aromatic rings. The SMILES string of the molecule is CCCCCCC1CC(=CC(F)(F)F)C1. The summed E-state index contributed by atoms with van der Waals surface area (Å²) in [5.74, 6) is 0.524. The van der Waals surface area contributed by atoms with Crippen LogP contribution in [0, 0.1) is 5.92 Å². The largest absolute Gasteiger partial charge is 0.409 e. The zero-order valence-electron chi connectivity index (χ0n) is 9.24. The van der Waals surface area contributed by atoms with Crippen LogP contribution in [0.3, 0.4) is 0 Å². The normalized spacial score (nSPS) is 21.3. The highest BCUT2D eigenvalue weighted by atomic mass is 19.4. The number of alkyl halides is 3. The lowest BCUT2D eigenvalue weighted by molar-refractivity contribution is -0.0814. The average molecular weight is 220 g/mol. The fraction of sp³-hybridized carbons (Fsp3) is 0.833. The van der Waals surface area contributed by atoms with Gasteiger partial charge in [0.05, 0.1) is 0 Å². The number of halogens is 3. The number of unbranched alkanes of at least 4 members (excludes halogenated alkanes) is 3. The summed E-state index contributed by atoms with van der Waals surface area (Å²) in [5.41, 5.74) is 0.586. The van der Waals surface area contributed by atoms with Gasteiger partial charge in [0, 0.05) is 6.08 Å². The van der Waals surface area contributed by atoms with Gasteiger partial charge in [-0.25, -0.2) is 0 Å². The quantitative estimate of drug-likeness (QED) is 0.458. The van der Waals surface area contributed by atoms with Crippen LogP contribution in [0.1, 0.15) is 51.9 Å². The molecule has 1 fully saturated rings. The second-order valence-electron chi connectivity index (χ2n) is 4.47. The van der Waals surface area contributed by atoms with Gasteiger partial charge in [0.15, 0.2) is 0 Å². The maximum atomic E-state index is 11.9. The second kappa shape index (κ2) is 5.57. The topological polar surface area (TPSA) is 0 Å². The summed E-state index contributed by atoms with van der Waals surface area (Å²) >= 11 is 0. The zero-order valence-corrected chi connectivity index (χ0v) is 9.24. The van der Waals surface area contributed by atoms with Gasteiger partial charge in [-0.2, -0.15) is 13.2 Å². The lowest BCUT2D eigenvalue weighted by atomic mass is 9.77. The maximum Gasteiger partial charge on any atom is 0.409 e. The highest BCUT2D eigenvalue weighted by molar-refractivity contribution is 5.15. The maximum absolute atomic E-state index is 11.9. The molecule has 3 heteroatoms. The van der Waals surface area contributed by atoms with E-state index in [0.717, 1.165) is 6.42 Å². The van der Waals surface area contributed by atoms with E-state index < -0.39 is 6.18 Å². The monoisotopic (exact) mass is 220 g/mol. The smallest absolute Gasteiger partial charge is 0.167 e. The first-order valence-corrected chi connectivity index (χ1v) is 5.78. The van der Waals surface area contributed by atoms with Gasteiger partial charge < -0.3 is 0 Å². The molecule has 0 aromatic heterocycles. The van der Waals surface area contributed by atoms with Crippen molar-refractivity contribution in [3.05, 3.63) is 11.6 Å². The molecule has 1 aliphatic rings. The molecule has 1 rings (SSSR count). The van der Waals surface area contributed by atoms with Crippen LogP contribution >= 0.6 is 0 Å². The van der Waals surface area contributed by atoms with Gasteiger partial charge in [-0.05, 0) is 25.2 Å². The Hall–Kier alpha value is -0.470. The number of allylic oxidation sites excluding steroid dienone is 2. The van der Waals surface area contributed by atoms with Crippen molar-refractivity contribution in [3.8, 4) is 0 Å². The third-order valence-electron chi connectivity index (χ3n) is 2.94. The summed E-state index contributed by atoms with van der Waals surface area (Å²) in [6.07, 6.45) is 3.69. The molecule has 0 N–H and O–H groups in total. The molecule has 0 bridgehead atoms. The predicted molar refractivity (Wildman–Crippen MR) is 55.6 cm³/mol. The highest BCUT2D eigenvalue weighted by Crippen LogP contribution is 2.38. The minimum absolute atomic E-state index is 0.482. The van der Waals surface area contributed by atoms with E-state index in [-0.39, 0.29) is 0 Å². The second-order valence-corrected chi connectivity index (χ2v) is 4.47. The Morgan fingerprint density at radius 1 is 1.20 bits per heavy atom. The summed E-state index contributed by atoms with van der Waals surface area (Å²) in [7, 11) is 0. The van der Waals surface area contributed by atoms with E-state index in [9.17, 15) is 13.2 Å². The van der Waals surface area contributed by atoms with Crippen molar-refractivity contribution in [1.29, 1.82) is 0 Å². The molecule has 0 atom stereocenters. The molecule has 1 saturated carbocycles. The van der Waals surface area contributed by atoms with Crippen LogP contribution in [-0.2, 0) is 0 Å². The van der Waals surface area contributed by atoms with Crippen molar-refractivity contribution in [2.45, 2.75) is 58.0 Å². The Bertz CT molecular complexity index is 207. The molecule has 0 aliphatic heterocycles. The summed E-state index contributed by atoms with van der Waals surface area (Å²) < 4.78 is 35.8. The third kappa shape index (κ3) is 5.24. The van der Waals surface area contributed by atoms with Crippen LogP contribution in [0.5, 0.6) is 0 Å². The Morgan fingerprint density at radius 3 is 2.40 bits per heavy atom. The van der Waals surface area contributed by atoms with E-state index in [1.165, 1.54) is 25.7 Å². The molecule has 0 saturated heterocycles. The third-order valence-corrected chi connectivity index (χ3v) is 2.94. The molecule has 0 nitrogen and oxygen atoms in total. The van der Waals surface area contributed by atoms with Crippen molar-refractivity contribution >= 4 is 0 Å². The summed E-state index contributed by atoms with van der Waals surface area (Å²) in [4.78, 5) is 0. The Kier molecular flexibility index (Phi) is 4.68. The fourth-order valence-electron chi connectivity index (χ4n) is 2.10. The first kappa shape index (κ1) is 12.6. The van der Waals surface area contributed by atoms with Crippen molar-refractivity contribution in [3.63, 3.8) is 0 Å². The number of hydrogen-bond donors (Lipinski definition) is 0. The number of hydrogen-bond acceptors (Lipinski definition) is 0. The molecular weight excluding hydrogens is 201 g/mol.